The van der Waals surface area contributed by atoms with Crippen LogP contribution < -0.4 is 0 Å². The lowest BCUT2D eigenvalue weighted by atomic mass is 9.68. The van der Waals surface area contributed by atoms with Gasteiger partial charge in [-0.25, -0.2) is 9.59 Å². The van der Waals surface area contributed by atoms with Gasteiger partial charge in [-0.05, 0) is 50.7 Å². The summed E-state index contributed by atoms with van der Waals surface area (Å²) in [7, 11) is 1.29. The van der Waals surface area contributed by atoms with E-state index in [9.17, 15) is 14.8 Å². The first-order chi connectivity index (χ1) is 19.2. The molecule has 1 heterocycles. The Bertz CT molecular complexity index is 1030. The number of benzene rings is 1. The Morgan fingerprint density at radius 2 is 1.57 bits per heavy atom. The predicted octanol–water partition coefficient (Wildman–Crippen LogP) is 7.86. The maximum Gasteiger partial charge on any atom is 0.363 e. The minimum Gasteiger partial charge on any atom is -0.466 e. The van der Waals surface area contributed by atoms with Crippen molar-refractivity contribution in [3.05, 3.63) is 34.9 Å². The van der Waals surface area contributed by atoms with Crippen molar-refractivity contribution in [1.29, 1.82) is 0 Å². The van der Waals surface area contributed by atoms with Crippen LogP contribution in [0.3, 0.4) is 0 Å². The number of methoxy groups -OCH3 is 1. The topological polar surface area (TPSA) is 97.5 Å². The second-order valence-electron chi connectivity index (χ2n) is 11.6. The number of oxime groups is 1. The standard InChI is InChI=1S/C33H52N2O5/c1-7-10-11-12-13-14-15-16-17-23-32(5,31(37)39-6)40-30(36)29(35-38)28-26-20-18-19-25(4)27(26)33(21-8-2,22-9-3)24-34-28/h18-20,38H,7-17,21-24H2,1-6H3. The van der Waals surface area contributed by atoms with Crippen LogP contribution in [-0.2, 0) is 24.5 Å². The summed E-state index contributed by atoms with van der Waals surface area (Å²) in [5.74, 6) is -1.50. The summed E-state index contributed by atoms with van der Waals surface area (Å²) in [6.07, 6.45) is 14.5. The molecule has 0 aromatic heterocycles. The van der Waals surface area contributed by atoms with Crippen molar-refractivity contribution >= 4 is 23.4 Å². The van der Waals surface area contributed by atoms with Crippen molar-refractivity contribution in [3.8, 4) is 0 Å². The van der Waals surface area contributed by atoms with Crippen LogP contribution >= 0.6 is 0 Å². The molecule has 0 aliphatic carbocycles. The molecule has 0 bridgehead atoms. The van der Waals surface area contributed by atoms with Crippen LogP contribution in [0.1, 0.15) is 134 Å². The number of unbranched alkanes of at least 4 members (excludes halogenated alkanes) is 8. The molecule has 1 aromatic rings. The van der Waals surface area contributed by atoms with Gasteiger partial charge in [-0.2, -0.15) is 0 Å². The minimum atomic E-state index is -1.48. The van der Waals surface area contributed by atoms with E-state index in [1.54, 1.807) is 6.92 Å². The van der Waals surface area contributed by atoms with Crippen molar-refractivity contribution in [3.63, 3.8) is 0 Å². The molecule has 0 fully saturated rings. The number of fused-ring (bicyclic) bond motifs is 1. The van der Waals surface area contributed by atoms with Gasteiger partial charge in [0.2, 0.25) is 11.3 Å². The molecule has 1 aromatic carbocycles. The molecule has 1 atom stereocenters. The lowest BCUT2D eigenvalue weighted by molar-refractivity contribution is -0.175. The maximum absolute atomic E-state index is 13.5. The van der Waals surface area contributed by atoms with Gasteiger partial charge in [0.25, 0.3) is 0 Å². The number of carbonyl (C=O) groups excluding carboxylic acids is 2. The summed E-state index contributed by atoms with van der Waals surface area (Å²) in [5.41, 5.74) is 1.48. The monoisotopic (exact) mass is 556 g/mol. The summed E-state index contributed by atoms with van der Waals surface area (Å²) in [4.78, 5) is 31.1. The van der Waals surface area contributed by atoms with Gasteiger partial charge in [-0.15, -0.1) is 0 Å². The van der Waals surface area contributed by atoms with Gasteiger partial charge < -0.3 is 14.7 Å². The van der Waals surface area contributed by atoms with Crippen LogP contribution in [0.2, 0.25) is 0 Å². The minimum absolute atomic E-state index is 0.130. The number of ether oxygens (including phenoxy) is 2. The molecule has 7 nitrogen and oxygen atoms in total. The third-order valence-corrected chi connectivity index (χ3v) is 8.27. The molecular formula is C33H52N2O5. The second-order valence-corrected chi connectivity index (χ2v) is 11.6. The summed E-state index contributed by atoms with van der Waals surface area (Å²) in [5, 5.41) is 13.4. The van der Waals surface area contributed by atoms with Crippen LogP contribution in [0, 0.1) is 6.92 Å². The molecule has 40 heavy (non-hydrogen) atoms. The van der Waals surface area contributed by atoms with E-state index in [0.717, 1.165) is 68.1 Å². The molecule has 1 aliphatic heterocycles. The highest BCUT2D eigenvalue weighted by Gasteiger charge is 2.43. The molecule has 1 N–H and O–H groups in total. The fourth-order valence-corrected chi connectivity index (χ4v) is 6.28. The predicted molar refractivity (Wildman–Crippen MR) is 162 cm³/mol. The Balaban J connectivity index is 2.20. The number of aliphatic imine (C=N–C) groups is 1. The largest absolute Gasteiger partial charge is 0.466 e. The van der Waals surface area contributed by atoms with Gasteiger partial charge in [0, 0.05) is 17.5 Å². The van der Waals surface area contributed by atoms with E-state index in [1.165, 1.54) is 39.2 Å². The lowest BCUT2D eigenvalue weighted by Crippen LogP contribution is -2.45. The van der Waals surface area contributed by atoms with Crippen molar-refractivity contribution in [2.24, 2.45) is 10.1 Å². The second kappa shape index (κ2) is 16.5. The average Bonchev–Trinajstić information content (AvgIpc) is 2.93. The number of esters is 2. The van der Waals surface area contributed by atoms with Crippen LogP contribution in [-0.4, -0.2) is 47.8 Å². The normalized spacial score (nSPS) is 16.1. The van der Waals surface area contributed by atoms with E-state index in [1.807, 2.05) is 12.1 Å². The van der Waals surface area contributed by atoms with Crippen molar-refractivity contribution in [1.82, 2.24) is 0 Å². The van der Waals surface area contributed by atoms with E-state index in [2.05, 4.69) is 38.9 Å². The third kappa shape index (κ3) is 8.40. The molecule has 0 radical (unpaired) electrons. The van der Waals surface area contributed by atoms with Gasteiger partial charge in [0.05, 0.1) is 7.11 Å². The van der Waals surface area contributed by atoms with Gasteiger partial charge in [0.1, 0.15) is 5.71 Å². The molecule has 224 valence electrons. The molecule has 1 aliphatic rings. The Morgan fingerprint density at radius 3 is 2.12 bits per heavy atom. The highest BCUT2D eigenvalue weighted by atomic mass is 16.6. The number of hydrogen-bond donors (Lipinski definition) is 1. The van der Waals surface area contributed by atoms with Crippen LogP contribution in [0.15, 0.2) is 28.3 Å². The van der Waals surface area contributed by atoms with E-state index in [4.69, 9.17) is 14.5 Å². The number of hydrogen-bond acceptors (Lipinski definition) is 7. The zero-order valence-corrected chi connectivity index (χ0v) is 25.8. The zero-order chi connectivity index (χ0) is 29.6. The number of aryl methyl sites for hydroxylation is 1. The molecule has 0 amide bonds. The highest BCUT2D eigenvalue weighted by Crippen LogP contribution is 2.42. The molecule has 0 saturated carbocycles. The Labute approximate surface area is 241 Å². The van der Waals surface area contributed by atoms with Crippen molar-refractivity contribution < 1.29 is 24.3 Å². The molecule has 7 heteroatoms. The first-order valence-corrected chi connectivity index (χ1v) is 15.4. The summed E-state index contributed by atoms with van der Waals surface area (Å²) < 4.78 is 10.8. The molecule has 0 spiro atoms. The summed E-state index contributed by atoms with van der Waals surface area (Å²) >= 11 is 0. The molecular weight excluding hydrogens is 504 g/mol. The Hall–Kier alpha value is -2.70. The molecule has 2 rings (SSSR count). The smallest absolute Gasteiger partial charge is 0.363 e. The van der Waals surface area contributed by atoms with E-state index >= 15 is 0 Å². The van der Waals surface area contributed by atoms with Gasteiger partial charge in [-0.1, -0.05) is 108 Å². The van der Waals surface area contributed by atoms with E-state index in [-0.39, 0.29) is 11.1 Å². The number of nitrogens with zero attached hydrogens (tertiary/aromatic N) is 2. The number of carbonyl (C=O) groups is 2. The van der Waals surface area contributed by atoms with Gasteiger partial charge in [-0.3, -0.25) is 4.99 Å². The maximum atomic E-state index is 13.5. The number of rotatable bonds is 18. The van der Waals surface area contributed by atoms with Crippen LogP contribution in [0.25, 0.3) is 0 Å². The zero-order valence-electron chi connectivity index (χ0n) is 25.8. The molecule has 0 saturated heterocycles. The Morgan fingerprint density at radius 1 is 0.975 bits per heavy atom. The fraction of sp³-hybridized carbons (Fsp3) is 0.697. The summed E-state index contributed by atoms with van der Waals surface area (Å²) in [6.45, 7) is 10.7. The summed E-state index contributed by atoms with van der Waals surface area (Å²) in [6, 6.07) is 5.94. The average molecular weight is 557 g/mol. The quantitative estimate of drug-likeness (QED) is 0.0652. The van der Waals surface area contributed by atoms with Crippen molar-refractivity contribution in [2.75, 3.05) is 13.7 Å². The van der Waals surface area contributed by atoms with E-state index in [0.29, 0.717) is 18.7 Å². The van der Waals surface area contributed by atoms with E-state index < -0.39 is 17.5 Å². The highest BCUT2D eigenvalue weighted by molar-refractivity contribution is 6.69. The van der Waals surface area contributed by atoms with Gasteiger partial charge >= 0.3 is 11.9 Å². The van der Waals surface area contributed by atoms with Gasteiger partial charge in [0.15, 0.2) is 0 Å². The Kier molecular flexibility index (Phi) is 13.9. The first-order valence-electron chi connectivity index (χ1n) is 15.4. The fourth-order valence-electron chi connectivity index (χ4n) is 6.28. The van der Waals surface area contributed by atoms with Crippen molar-refractivity contribution in [2.45, 2.75) is 136 Å². The SMILES string of the molecule is CCCCCCCCCCCC(C)(OC(=O)C(=NO)C1=NCC(CCC)(CCC)c2c(C)cccc21)C(=O)OC. The lowest BCUT2D eigenvalue weighted by Gasteiger charge is -2.39. The van der Waals surface area contributed by atoms with Crippen LogP contribution in [0.4, 0.5) is 0 Å². The first kappa shape index (κ1) is 33.5. The van der Waals surface area contributed by atoms with Crippen LogP contribution in [0.5, 0.6) is 0 Å². The third-order valence-electron chi connectivity index (χ3n) is 8.27. The molecule has 1 unspecified atom stereocenters.